The molecule has 0 heterocycles. The number of sulfone groups is 1. The van der Waals surface area contributed by atoms with E-state index in [9.17, 15) is 8.42 Å². The van der Waals surface area contributed by atoms with E-state index >= 15 is 0 Å². The molecule has 2 N–H and O–H groups in total. The molecule has 4 nitrogen and oxygen atoms in total. The molecule has 0 fully saturated rings. The highest BCUT2D eigenvalue weighted by atomic mass is 32.2. The van der Waals surface area contributed by atoms with Crippen LogP contribution in [0.15, 0.2) is 47.4 Å². The number of nitrogens with one attached hydrogen (secondary N) is 2. The summed E-state index contributed by atoms with van der Waals surface area (Å²) in [7, 11) is -3.18. The Morgan fingerprint density at radius 1 is 1.08 bits per heavy atom. The minimum absolute atomic E-state index is 0.0140. The van der Waals surface area contributed by atoms with Crippen molar-refractivity contribution >= 4 is 32.9 Å². The minimum atomic E-state index is -3.18. The van der Waals surface area contributed by atoms with Crippen LogP contribution in [-0.4, -0.2) is 19.8 Å². The highest BCUT2D eigenvalue weighted by molar-refractivity contribution is 7.90. The van der Waals surface area contributed by atoms with Crippen LogP contribution in [0.2, 0.25) is 0 Å². The Bertz CT molecular complexity index is 859. The van der Waals surface area contributed by atoms with Crippen LogP contribution in [0, 0.1) is 13.8 Å². The Kier molecular flexibility index (Phi) is 6.19. The molecule has 0 saturated carbocycles. The lowest BCUT2D eigenvalue weighted by Crippen LogP contribution is -2.32. The van der Waals surface area contributed by atoms with Gasteiger partial charge in [-0.05, 0) is 73.4 Å². The predicted octanol–water partition coefficient (Wildman–Crippen LogP) is 4.14. The second-order valence-corrected chi connectivity index (χ2v) is 8.62. The third kappa shape index (κ3) is 5.28. The minimum Gasteiger partial charge on any atom is -0.356 e. The van der Waals surface area contributed by atoms with Gasteiger partial charge in [-0.2, -0.15) is 0 Å². The average molecular weight is 377 g/mol. The van der Waals surface area contributed by atoms with E-state index in [0.29, 0.717) is 10.0 Å². The van der Waals surface area contributed by atoms with Crippen molar-refractivity contribution in [2.45, 2.75) is 38.1 Å². The largest absolute Gasteiger partial charge is 0.356 e. The first-order valence-corrected chi connectivity index (χ1v) is 10.5. The highest BCUT2D eigenvalue weighted by Crippen LogP contribution is 2.20. The van der Waals surface area contributed by atoms with Gasteiger partial charge in [-0.25, -0.2) is 8.42 Å². The van der Waals surface area contributed by atoms with Crippen molar-refractivity contribution in [1.29, 1.82) is 0 Å². The highest BCUT2D eigenvalue weighted by Gasteiger charge is 2.13. The fourth-order valence-corrected chi connectivity index (χ4v) is 3.40. The third-order valence-corrected chi connectivity index (χ3v) is 5.54. The molecular weight excluding hydrogens is 352 g/mol. The summed E-state index contributed by atoms with van der Waals surface area (Å²) >= 11 is 5.42. The normalized spacial score (nSPS) is 12.5. The molecule has 0 aliphatic rings. The zero-order valence-corrected chi connectivity index (χ0v) is 16.6. The zero-order chi connectivity index (χ0) is 18.6. The topological polar surface area (TPSA) is 58.2 Å². The van der Waals surface area contributed by atoms with Gasteiger partial charge >= 0.3 is 0 Å². The quantitative estimate of drug-likeness (QED) is 0.768. The molecule has 1 unspecified atom stereocenters. The summed E-state index contributed by atoms with van der Waals surface area (Å²) < 4.78 is 23.1. The fourth-order valence-electron chi connectivity index (χ4n) is 2.51. The SMILES string of the molecule is CCC(NC(=S)Nc1ccc(C)c(C)c1)c1ccc(S(C)(=O)=O)cc1. The Balaban J connectivity index is 2.08. The van der Waals surface area contributed by atoms with Crippen LogP contribution < -0.4 is 10.6 Å². The molecule has 0 aliphatic carbocycles. The molecule has 1 atom stereocenters. The van der Waals surface area contributed by atoms with E-state index in [1.165, 1.54) is 17.4 Å². The number of rotatable bonds is 5. The first kappa shape index (κ1) is 19.4. The molecule has 6 heteroatoms. The van der Waals surface area contributed by atoms with Crippen molar-refractivity contribution in [3.05, 3.63) is 59.2 Å². The van der Waals surface area contributed by atoms with E-state index in [0.717, 1.165) is 17.7 Å². The van der Waals surface area contributed by atoms with E-state index in [4.69, 9.17) is 12.2 Å². The van der Waals surface area contributed by atoms with Crippen molar-refractivity contribution in [3.63, 3.8) is 0 Å². The van der Waals surface area contributed by atoms with Gasteiger partial charge in [0.05, 0.1) is 10.9 Å². The number of hydrogen-bond acceptors (Lipinski definition) is 3. The molecular formula is C19H24N2O2S2. The van der Waals surface area contributed by atoms with Gasteiger partial charge in [0, 0.05) is 11.9 Å². The summed E-state index contributed by atoms with van der Waals surface area (Å²) in [5, 5.41) is 7.04. The monoisotopic (exact) mass is 376 g/mol. The van der Waals surface area contributed by atoms with Crippen LogP contribution >= 0.6 is 12.2 Å². The second kappa shape index (κ2) is 7.97. The maximum Gasteiger partial charge on any atom is 0.175 e. The van der Waals surface area contributed by atoms with E-state index in [-0.39, 0.29) is 6.04 Å². The van der Waals surface area contributed by atoms with Crippen LogP contribution in [0.1, 0.15) is 36.1 Å². The fraction of sp³-hybridized carbons (Fsp3) is 0.316. The summed E-state index contributed by atoms with van der Waals surface area (Å²) in [6.45, 7) is 6.19. The smallest absolute Gasteiger partial charge is 0.175 e. The van der Waals surface area contributed by atoms with Gasteiger partial charge in [0.25, 0.3) is 0 Å². The lowest BCUT2D eigenvalue weighted by molar-refractivity contribution is 0.601. The summed E-state index contributed by atoms with van der Waals surface area (Å²) in [4.78, 5) is 0.321. The second-order valence-electron chi connectivity index (χ2n) is 6.20. The van der Waals surface area contributed by atoms with Gasteiger partial charge in [-0.15, -0.1) is 0 Å². The van der Waals surface area contributed by atoms with Crippen molar-refractivity contribution in [1.82, 2.24) is 5.32 Å². The van der Waals surface area contributed by atoms with Crippen molar-refractivity contribution in [2.75, 3.05) is 11.6 Å². The maximum atomic E-state index is 11.6. The third-order valence-electron chi connectivity index (χ3n) is 4.19. The summed E-state index contributed by atoms with van der Waals surface area (Å²) in [5.41, 5.74) is 4.39. The molecule has 0 amide bonds. The molecule has 0 spiro atoms. The van der Waals surface area contributed by atoms with Gasteiger partial charge in [0.1, 0.15) is 0 Å². The molecule has 0 aromatic heterocycles. The Morgan fingerprint density at radius 2 is 1.72 bits per heavy atom. The van der Waals surface area contributed by atoms with Gasteiger partial charge in [-0.3, -0.25) is 0 Å². The standard InChI is InChI=1S/C19H24N2O2S2/c1-5-18(15-7-10-17(11-8-15)25(4,22)23)21-19(24)20-16-9-6-13(2)14(3)12-16/h6-12,18H,5H2,1-4H3,(H2,20,21,24). The van der Waals surface area contributed by atoms with E-state index < -0.39 is 9.84 Å². The molecule has 134 valence electrons. The molecule has 0 saturated heterocycles. The van der Waals surface area contributed by atoms with Crippen LogP contribution in [0.4, 0.5) is 5.69 Å². The average Bonchev–Trinajstić information content (AvgIpc) is 2.55. The van der Waals surface area contributed by atoms with Gasteiger partial charge in [0.2, 0.25) is 0 Å². The molecule has 25 heavy (non-hydrogen) atoms. The summed E-state index contributed by atoms with van der Waals surface area (Å²) in [6.07, 6.45) is 2.03. The van der Waals surface area contributed by atoms with Gasteiger partial charge in [0.15, 0.2) is 14.9 Å². The van der Waals surface area contributed by atoms with E-state index in [1.807, 2.05) is 18.2 Å². The van der Waals surface area contributed by atoms with Crippen molar-refractivity contribution in [3.8, 4) is 0 Å². The Labute approximate surface area is 155 Å². The molecule has 0 aliphatic heterocycles. The van der Waals surface area contributed by atoms with Gasteiger partial charge in [-0.1, -0.05) is 25.1 Å². The van der Waals surface area contributed by atoms with Crippen LogP contribution in [0.25, 0.3) is 0 Å². The van der Waals surface area contributed by atoms with Crippen LogP contribution in [0.3, 0.4) is 0 Å². The molecule has 2 aromatic rings. The van der Waals surface area contributed by atoms with Crippen LogP contribution in [-0.2, 0) is 9.84 Å². The number of hydrogen-bond donors (Lipinski definition) is 2. The number of thiocarbonyl (C=S) groups is 1. The first-order chi connectivity index (χ1) is 11.7. The lowest BCUT2D eigenvalue weighted by Gasteiger charge is -2.20. The molecule has 2 aromatic carbocycles. The van der Waals surface area contributed by atoms with Gasteiger partial charge < -0.3 is 10.6 Å². The molecule has 0 bridgehead atoms. The van der Waals surface area contributed by atoms with Crippen molar-refractivity contribution < 1.29 is 8.42 Å². The Hall–Kier alpha value is -1.92. The Morgan fingerprint density at radius 3 is 2.24 bits per heavy atom. The maximum absolute atomic E-state index is 11.6. The number of aryl methyl sites for hydroxylation is 2. The molecule has 2 rings (SSSR count). The van der Waals surface area contributed by atoms with E-state index in [1.54, 1.807) is 12.1 Å². The summed E-state index contributed by atoms with van der Waals surface area (Å²) in [5.74, 6) is 0. The predicted molar refractivity (Wildman–Crippen MR) is 108 cm³/mol. The number of anilines is 1. The van der Waals surface area contributed by atoms with E-state index in [2.05, 4.69) is 43.5 Å². The molecule has 0 radical (unpaired) electrons. The first-order valence-electron chi connectivity index (χ1n) is 8.15. The number of benzene rings is 2. The lowest BCUT2D eigenvalue weighted by atomic mass is 10.1. The van der Waals surface area contributed by atoms with Crippen LogP contribution in [0.5, 0.6) is 0 Å². The zero-order valence-electron chi connectivity index (χ0n) is 15.0. The summed E-state index contributed by atoms with van der Waals surface area (Å²) in [6, 6.07) is 13.1. The van der Waals surface area contributed by atoms with Crippen molar-refractivity contribution in [2.24, 2.45) is 0 Å².